The molecule has 3 aromatic carbocycles. The monoisotopic (exact) mass is 575 g/mol. The lowest BCUT2D eigenvalue weighted by Crippen LogP contribution is -2.32. The van der Waals surface area contributed by atoms with Crippen molar-refractivity contribution in [3.63, 3.8) is 0 Å². The molecule has 2 saturated carbocycles. The van der Waals surface area contributed by atoms with Gasteiger partial charge in [-0.05, 0) is 67.5 Å². The van der Waals surface area contributed by atoms with Crippen molar-refractivity contribution in [2.75, 3.05) is 11.5 Å². The van der Waals surface area contributed by atoms with E-state index in [-0.39, 0.29) is 52.3 Å². The summed E-state index contributed by atoms with van der Waals surface area (Å²) >= 11 is 0. The van der Waals surface area contributed by atoms with Crippen LogP contribution in [-0.2, 0) is 14.3 Å². The average Bonchev–Trinajstić information content (AvgIpc) is 3.72. The van der Waals surface area contributed by atoms with Gasteiger partial charge in [0.05, 0.1) is 39.2 Å². The number of carbonyl (C=O) groups is 4. The fraction of sp³-hybridized carbons (Fsp3) is 0.242. The Morgan fingerprint density at radius 2 is 1.60 bits per heavy atom. The third kappa shape index (κ3) is 4.46. The zero-order chi connectivity index (χ0) is 29.8. The first-order valence-electron chi connectivity index (χ1n) is 14.1. The van der Waals surface area contributed by atoms with Crippen molar-refractivity contribution in [3.05, 3.63) is 100 Å². The highest BCUT2D eigenvalue weighted by molar-refractivity contribution is 6.22. The molecule has 1 saturated heterocycles. The number of imide groups is 1. The van der Waals surface area contributed by atoms with E-state index in [9.17, 15) is 29.3 Å². The summed E-state index contributed by atoms with van der Waals surface area (Å²) in [5, 5.41) is 11.4. The number of ketones is 1. The van der Waals surface area contributed by atoms with Crippen LogP contribution < -0.4 is 4.90 Å². The zero-order valence-electron chi connectivity index (χ0n) is 22.8. The second-order valence-electron chi connectivity index (χ2n) is 11.3. The molecule has 43 heavy (non-hydrogen) atoms. The lowest BCUT2D eigenvalue weighted by atomic mass is 9.81. The van der Waals surface area contributed by atoms with Gasteiger partial charge in [-0.15, -0.1) is 0 Å². The number of carbonyl (C=O) groups excluding carboxylic acids is 4. The first kappa shape index (κ1) is 26.6. The third-order valence-electron chi connectivity index (χ3n) is 9.00. The number of fused-ring (bicyclic) bond motifs is 6. The molecule has 0 spiro atoms. The highest BCUT2D eigenvalue weighted by Gasteiger charge is 2.61. The smallest absolute Gasteiger partial charge is 0.339 e. The van der Waals surface area contributed by atoms with E-state index in [1.165, 1.54) is 29.2 Å². The molecular formula is C33H25N3O7. The van der Waals surface area contributed by atoms with Crippen LogP contribution in [0, 0.1) is 33.8 Å². The topological polar surface area (TPSA) is 137 Å². The first-order valence-corrected chi connectivity index (χ1v) is 14.1. The van der Waals surface area contributed by atoms with Crippen LogP contribution >= 0.6 is 0 Å². The minimum atomic E-state index is -0.737. The van der Waals surface area contributed by atoms with Crippen LogP contribution in [0.1, 0.15) is 40.0 Å². The number of hydrogen-bond acceptors (Lipinski definition) is 8. The van der Waals surface area contributed by atoms with Gasteiger partial charge in [0.2, 0.25) is 11.8 Å². The lowest BCUT2D eigenvalue weighted by molar-refractivity contribution is -0.384. The highest BCUT2D eigenvalue weighted by Crippen LogP contribution is 2.56. The van der Waals surface area contributed by atoms with Gasteiger partial charge < -0.3 is 4.74 Å². The molecule has 10 nitrogen and oxygen atoms in total. The van der Waals surface area contributed by atoms with Crippen molar-refractivity contribution >= 4 is 45.8 Å². The Bertz CT molecular complexity index is 1820. The van der Waals surface area contributed by atoms with Crippen molar-refractivity contribution in [2.24, 2.45) is 23.7 Å². The average molecular weight is 576 g/mol. The molecular weight excluding hydrogens is 550 g/mol. The Labute approximate surface area is 245 Å². The van der Waals surface area contributed by atoms with Gasteiger partial charge in [-0.1, -0.05) is 30.3 Å². The largest absolute Gasteiger partial charge is 0.454 e. The van der Waals surface area contributed by atoms with Crippen LogP contribution in [0.4, 0.5) is 11.4 Å². The quantitative estimate of drug-likeness (QED) is 0.0941. The van der Waals surface area contributed by atoms with Crippen molar-refractivity contribution < 1.29 is 28.8 Å². The number of amides is 2. The number of nitro benzene ring substituents is 1. The van der Waals surface area contributed by atoms with E-state index in [4.69, 9.17) is 9.72 Å². The Morgan fingerprint density at radius 1 is 0.907 bits per heavy atom. The summed E-state index contributed by atoms with van der Waals surface area (Å²) in [5.41, 5.74) is 2.28. The van der Waals surface area contributed by atoms with E-state index in [2.05, 4.69) is 0 Å². The maximum Gasteiger partial charge on any atom is 0.339 e. The molecule has 2 heterocycles. The summed E-state index contributed by atoms with van der Waals surface area (Å²) < 4.78 is 5.37. The van der Waals surface area contributed by atoms with Crippen molar-refractivity contribution in [1.82, 2.24) is 4.98 Å². The molecule has 2 aliphatic carbocycles. The highest BCUT2D eigenvalue weighted by atomic mass is 16.6. The van der Waals surface area contributed by atoms with E-state index >= 15 is 0 Å². The molecule has 1 aliphatic heterocycles. The summed E-state index contributed by atoms with van der Waals surface area (Å²) in [4.78, 5) is 69.1. The number of aromatic nitrogens is 1. The summed E-state index contributed by atoms with van der Waals surface area (Å²) in [7, 11) is 0. The maximum absolute atomic E-state index is 13.4. The number of nitro groups is 1. The fourth-order valence-electron chi connectivity index (χ4n) is 7.02. The van der Waals surface area contributed by atoms with Crippen LogP contribution in [0.2, 0.25) is 0 Å². The van der Waals surface area contributed by atoms with Gasteiger partial charge in [0.15, 0.2) is 12.4 Å². The molecule has 4 aromatic rings. The van der Waals surface area contributed by atoms with Crippen molar-refractivity contribution in [2.45, 2.75) is 19.3 Å². The number of nitrogens with zero attached hydrogens (tertiary/aromatic N) is 3. The predicted octanol–water partition coefficient (Wildman–Crippen LogP) is 5.39. The van der Waals surface area contributed by atoms with Crippen LogP contribution in [-0.4, -0.2) is 40.1 Å². The molecule has 2 amide bonds. The van der Waals surface area contributed by atoms with E-state index in [1.54, 1.807) is 54.6 Å². The molecule has 2 bridgehead atoms. The molecule has 7 rings (SSSR count). The van der Waals surface area contributed by atoms with Gasteiger partial charge >= 0.3 is 5.97 Å². The number of rotatable bonds is 7. The number of esters is 1. The van der Waals surface area contributed by atoms with Gasteiger partial charge in [0.1, 0.15) is 0 Å². The predicted molar refractivity (Wildman–Crippen MR) is 155 cm³/mol. The van der Waals surface area contributed by atoms with Gasteiger partial charge in [0, 0.05) is 28.6 Å². The van der Waals surface area contributed by atoms with Crippen LogP contribution in [0.3, 0.4) is 0 Å². The number of anilines is 1. The standard InChI is InChI=1S/C33H25N3O7/c37-28(18-10-12-22(13-11-18)36(41)42)17-43-33(40)25-16-27(34-26-7-2-1-6-24(25)26)19-4-3-5-23(15-19)35-31(38)29-20-8-9-21(14-20)30(29)32(35)39/h1-7,10-13,15-16,20-21,29-30H,8-9,14,17H2/t20-,21-,29-,30-/m0/s1. The summed E-state index contributed by atoms with van der Waals surface area (Å²) in [6.07, 6.45) is 2.95. The van der Waals surface area contributed by atoms with Crippen molar-refractivity contribution in [1.29, 1.82) is 0 Å². The molecule has 0 N–H and O–H groups in total. The number of pyridine rings is 1. The third-order valence-corrected chi connectivity index (χ3v) is 9.00. The molecule has 3 aliphatic rings. The van der Waals surface area contributed by atoms with E-state index in [0.29, 0.717) is 27.8 Å². The molecule has 1 aromatic heterocycles. The number of Topliss-reactive ketones (excluding diaryl/α,β-unsaturated/α-hetero) is 1. The Kier molecular flexibility index (Phi) is 6.34. The maximum atomic E-state index is 13.4. The number of benzene rings is 3. The van der Waals surface area contributed by atoms with Gasteiger partial charge in [-0.25, -0.2) is 9.78 Å². The zero-order valence-corrected chi connectivity index (χ0v) is 22.8. The van der Waals surface area contributed by atoms with Crippen LogP contribution in [0.25, 0.3) is 22.2 Å². The number of ether oxygens (including phenoxy) is 1. The number of non-ortho nitro benzene ring substituents is 1. The normalized spacial score (nSPS) is 22.2. The van der Waals surface area contributed by atoms with Crippen molar-refractivity contribution in [3.8, 4) is 11.3 Å². The molecule has 3 fully saturated rings. The molecule has 0 radical (unpaired) electrons. The second kappa shape index (κ2) is 10.2. The van der Waals surface area contributed by atoms with E-state index in [0.717, 1.165) is 19.3 Å². The molecule has 4 atom stereocenters. The summed E-state index contributed by atoms with van der Waals surface area (Å²) in [6.45, 7) is -0.554. The van der Waals surface area contributed by atoms with Crippen LogP contribution in [0.15, 0.2) is 78.9 Å². The van der Waals surface area contributed by atoms with E-state index < -0.39 is 23.3 Å². The molecule has 0 unspecified atom stereocenters. The Hall–Kier alpha value is -5.25. The lowest BCUT2D eigenvalue weighted by Gasteiger charge is -2.19. The second-order valence-corrected chi connectivity index (χ2v) is 11.3. The number of hydrogen-bond donors (Lipinski definition) is 0. The van der Waals surface area contributed by atoms with E-state index in [1.807, 2.05) is 0 Å². The fourth-order valence-corrected chi connectivity index (χ4v) is 7.02. The van der Waals surface area contributed by atoms with Crippen LogP contribution in [0.5, 0.6) is 0 Å². The minimum absolute atomic E-state index is 0.132. The summed E-state index contributed by atoms with van der Waals surface area (Å²) in [5.74, 6) is -1.41. The Balaban J connectivity index is 1.16. The van der Waals surface area contributed by atoms with Gasteiger partial charge in [-0.3, -0.25) is 29.4 Å². The first-order chi connectivity index (χ1) is 20.8. The molecule has 10 heteroatoms. The number of para-hydroxylation sites is 1. The summed E-state index contributed by atoms with van der Waals surface area (Å²) in [6, 6.07) is 20.7. The molecule has 214 valence electrons. The Morgan fingerprint density at radius 3 is 2.30 bits per heavy atom. The van der Waals surface area contributed by atoms with Gasteiger partial charge in [0.25, 0.3) is 5.69 Å². The minimum Gasteiger partial charge on any atom is -0.454 e. The van der Waals surface area contributed by atoms with Gasteiger partial charge in [-0.2, -0.15) is 0 Å². The SMILES string of the molecule is O=C(COC(=O)c1cc(-c2cccc(N3C(=O)[C@H]4[C@H]5CC[C@@H](C5)[C@@H]4C3=O)c2)nc2ccccc12)c1ccc([N+](=O)[O-])cc1.